The van der Waals surface area contributed by atoms with E-state index in [4.69, 9.17) is 9.97 Å². The number of para-hydroxylation sites is 1. The number of aromatic nitrogens is 2. The zero-order valence-electron chi connectivity index (χ0n) is 16.2. The molecular weight excluding hydrogens is 430 g/mol. The first kappa shape index (κ1) is 19.8. The molecule has 1 aromatic heterocycles. The lowest BCUT2D eigenvalue weighted by Gasteiger charge is -2.35. The fourth-order valence-electron chi connectivity index (χ4n) is 4.11. The highest BCUT2D eigenvalue weighted by Gasteiger charge is 2.25. The Bertz CT molecular complexity index is 1020. The summed E-state index contributed by atoms with van der Waals surface area (Å²) >= 11 is 3.53. The molecule has 1 aliphatic rings. The number of carboxylic acid groups (broad SMARTS) is 1. The Morgan fingerprint density at radius 2 is 1.86 bits per heavy atom. The van der Waals surface area contributed by atoms with Gasteiger partial charge in [0.15, 0.2) is 5.82 Å². The van der Waals surface area contributed by atoms with E-state index in [0.717, 1.165) is 39.6 Å². The van der Waals surface area contributed by atoms with E-state index < -0.39 is 5.97 Å². The molecule has 1 fully saturated rings. The molecule has 2 aromatic carbocycles. The molecule has 0 atom stereocenters. The molecule has 1 heterocycles. The van der Waals surface area contributed by atoms with Crippen LogP contribution in [-0.4, -0.2) is 33.6 Å². The molecular formula is C23H24BrN3O2. The third-order valence-corrected chi connectivity index (χ3v) is 6.01. The summed E-state index contributed by atoms with van der Waals surface area (Å²) in [5, 5.41) is 10.3. The Kier molecular flexibility index (Phi) is 6.09. The predicted molar refractivity (Wildman–Crippen MR) is 119 cm³/mol. The van der Waals surface area contributed by atoms with E-state index in [9.17, 15) is 9.90 Å². The summed E-state index contributed by atoms with van der Waals surface area (Å²) in [4.78, 5) is 23.3. The van der Waals surface area contributed by atoms with Crippen LogP contribution in [0.3, 0.4) is 0 Å². The van der Waals surface area contributed by atoms with Gasteiger partial charge in [0.05, 0.1) is 11.9 Å². The van der Waals surface area contributed by atoms with Gasteiger partial charge in [0.1, 0.15) is 5.82 Å². The van der Waals surface area contributed by atoms with Crippen LogP contribution in [-0.2, 0) is 4.79 Å². The Hall–Kier alpha value is -2.47. The Balaban J connectivity index is 1.84. The van der Waals surface area contributed by atoms with Crippen LogP contribution >= 0.6 is 15.9 Å². The van der Waals surface area contributed by atoms with Crippen LogP contribution in [0.1, 0.15) is 38.5 Å². The molecule has 0 radical (unpaired) electrons. The lowest BCUT2D eigenvalue weighted by Crippen LogP contribution is -2.39. The number of carboxylic acids is 1. The monoisotopic (exact) mass is 453 g/mol. The topological polar surface area (TPSA) is 66.3 Å². The first-order chi connectivity index (χ1) is 14.1. The molecule has 1 saturated carbocycles. The fraction of sp³-hybridized carbons (Fsp3) is 0.348. The highest BCUT2D eigenvalue weighted by molar-refractivity contribution is 9.10. The van der Waals surface area contributed by atoms with Crippen LogP contribution in [0.25, 0.3) is 22.3 Å². The summed E-state index contributed by atoms with van der Waals surface area (Å²) in [7, 11) is 0. The number of anilines is 1. The summed E-state index contributed by atoms with van der Waals surface area (Å²) in [5.41, 5.74) is 1.82. The summed E-state index contributed by atoms with van der Waals surface area (Å²) in [6.45, 7) is 0.457. The summed E-state index contributed by atoms with van der Waals surface area (Å²) in [6.07, 6.45) is 5.85. The summed E-state index contributed by atoms with van der Waals surface area (Å²) in [6, 6.07) is 16.3. The van der Waals surface area contributed by atoms with Crippen LogP contribution < -0.4 is 4.90 Å². The van der Waals surface area contributed by atoms with Crippen LogP contribution in [0.15, 0.2) is 53.0 Å². The van der Waals surface area contributed by atoms with Crippen LogP contribution in [0.5, 0.6) is 0 Å². The second-order valence-electron chi connectivity index (χ2n) is 7.53. The van der Waals surface area contributed by atoms with E-state index in [0.29, 0.717) is 18.4 Å². The number of carbonyl (C=O) groups is 1. The van der Waals surface area contributed by atoms with E-state index >= 15 is 0 Å². The second kappa shape index (κ2) is 8.91. The van der Waals surface area contributed by atoms with Gasteiger partial charge in [-0.05, 0) is 37.1 Å². The van der Waals surface area contributed by atoms with E-state index in [1.165, 1.54) is 19.3 Å². The van der Waals surface area contributed by atoms with E-state index in [2.05, 4.69) is 20.8 Å². The van der Waals surface area contributed by atoms with Crippen molar-refractivity contribution in [3.05, 3.63) is 53.0 Å². The van der Waals surface area contributed by atoms with E-state index in [1.807, 2.05) is 48.5 Å². The Labute approximate surface area is 178 Å². The maximum Gasteiger partial charge on any atom is 0.305 e. The highest BCUT2D eigenvalue weighted by Crippen LogP contribution is 2.33. The van der Waals surface area contributed by atoms with Crippen molar-refractivity contribution in [3.8, 4) is 11.4 Å². The van der Waals surface area contributed by atoms with Crippen LogP contribution in [0, 0.1) is 0 Å². The molecule has 6 heteroatoms. The minimum absolute atomic E-state index is 0.0983. The van der Waals surface area contributed by atoms with Gasteiger partial charge in [0.25, 0.3) is 0 Å². The maximum atomic E-state index is 11.3. The molecule has 1 aliphatic carbocycles. The number of hydrogen-bond donors (Lipinski definition) is 1. The molecule has 3 aromatic rings. The quantitative estimate of drug-likeness (QED) is 0.520. The predicted octanol–water partition coefficient (Wildman–Crippen LogP) is 5.67. The smallest absolute Gasteiger partial charge is 0.305 e. The van der Waals surface area contributed by atoms with E-state index in [-0.39, 0.29) is 6.42 Å². The van der Waals surface area contributed by atoms with Crippen molar-refractivity contribution >= 4 is 38.6 Å². The van der Waals surface area contributed by atoms with Crippen molar-refractivity contribution in [3.63, 3.8) is 0 Å². The normalized spacial score (nSPS) is 14.8. The summed E-state index contributed by atoms with van der Waals surface area (Å²) in [5.74, 6) is 0.728. The SMILES string of the molecule is O=C(O)CCN(c1nc(-c2cccc(Br)c2)nc2ccccc12)C1CCCCC1. The van der Waals surface area contributed by atoms with Crippen molar-refractivity contribution in [2.75, 3.05) is 11.4 Å². The maximum absolute atomic E-state index is 11.3. The van der Waals surface area contributed by atoms with Gasteiger partial charge in [0.2, 0.25) is 0 Å². The molecule has 0 saturated heterocycles. The van der Waals surface area contributed by atoms with Crippen LogP contribution in [0.2, 0.25) is 0 Å². The average molecular weight is 454 g/mol. The molecule has 29 heavy (non-hydrogen) atoms. The lowest BCUT2D eigenvalue weighted by atomic mass is 9.93. The third-order valence-electron chi connectivity index (χ3n) is 5.52. The molecule has 1 N–H and O–H groups in total. The molecule has 0 aliphatic heterocycles. The van der Waals surface area contributed by atoms with Crippen molar-refractivity contribution < 1.29 is 9.90 Å². The van der Waals surface area contributed by atoms with Gasteiger partial charge >= 0.3 is 5.97 Å². The molecule has 0 amide bonds. The lowest BCUT2D eigenvalue weighted by molar-refractivity contribution is -0.136. The van der Waals surface area contributed by atoms with Crippen molar-refractivity contribution in [1.82, 2.24) is 9.97 Å². The number of aliphatic carboxylic acids is 1. The first-order valence-electron chi connectivity index (χ1n) is 10.1. The largest absolute Gasteiger partial charge is 0.481 e. The number of fused-ring (bicyclic) bond motifs is 1. The van der Waals surface area contributed by atoms with Gasteiger partial charge in [-0.2, -0.15) is 0 Å². The molecule has 4 rings (SSSR count). The first-order valence-corrected chi connectivity index (χ1v) is 10.9. The van der Waals surface area contributed by atoms with Crippen LogP contribution in [0.4, 0.5) is 5.82 Å². The summed E-state index contributed by atoms with van der Waals surface area (Å²) < 4.78 is 0.975. The minimum Gasteiger partial charge on any atom is -0.481 e. The molecule has 0 spiro atoms. The van der Waals surface area contributed by atoms with Crippen molar-refractivity contribution in [2.24, 2.45) is 0 Å². The fourth-order valence-corrected chi connectivity index (χ4v) is 4.50. The third kappa shape index (κ3) is 4.58. The van der Waals surface area contributed by atoms with Gasteiger partial charge in [-0.25, -0.2) is 9.97 Å². The minimum atomic E-state index is -0.781. The average Bonchev–Trinajstić information content (AvgIpc) is 2.74. The van der Waals surface area contributed by atoms with Crippen molar-refractivity contribution in [2.45, 2.75) is 44.6 Å². The number of nitrogens with zero attached hydrogens (tertiary/aromatic N) is 3. The molecule has 5 nitrogen and oxygen atoms in total. The zero-order valence-corrected chi connectivity index (χ0v) is 17.8. The molecule has 0 unspecified atom stereocenters. The number of halogens is 1. The van der Waals surface area contributed by atoms with Gasteiger partial charge in [-0.1, -0.05) is 59.5 Å². The van der Waals surface area contributed by atoms with Gasteiger partial charge < -0.3 is 10.0 Å². The zero-order chi connectivity index (χ0) is 20.2. The van der Waals surface area contributed by atoms with Gasteiger partial charge in [0, 0.05) is 28.0 Å². The number of rotatable bonds is 6. The highest BCUT2D eigenvalue weighted by atomic mass is 79.9. The number of hydrogen-bond acceptors (Lipinski definition) is 4. The van der Waals surface area contributed by atoms with Gasteiger partial charge in [-0.3, -0.25) is 4.79 Å². The Morgan fingerprint density at radius 1 is 1.07 bits per heavy atom. The van der Waals surface area contributed by atoms with E-state index in [1.54, 1.807) is 0 Å². The van der Waals surface area contributed by atoms with Crippen molar-refractivity contribution in [1.29, 1.82) is 0 Å². The molecule has 150 valence electrons. The molecule has 0 bridgehead atoms. The second-order valence-corrected chi connectivity index (χ2v) is 8.44. The van der Waals surface area contributed by atoms with Gasteiger partial charge in [-0.15, -0.1) is 0 Å². The number of benzene rings is 2. The standard InChI is InChI=1S/C23H24BrN3O2/c24-17-8-6-7-16(15-17)22-25-20-12-5-4-11-19(20)23(26-22)27(14-13-21(28)29)18-9-2-1-3-10-18/h4-8,11-12,15,18H,1-3,9-10,13-14H2,(H,28,29). The Morgan fingerprint density at radius 3 is 2.62 bits per heavy atom.